The number of nitrogens with zero attached hydrogens (tertiary/aromatic N) is 1. The molecule has 4 nitrogen and oxygen atoms in total. The summed E-state index contributed by atoms with van der Waals surface area (Å²) in [7, 11) is 3.79. The highest BCUT2D eigenvalue weighted by Crippen LogP contribution is 2.05. The predicted octanol–water partition coefficient (Wildman–Crippen LogP) is 0.429. The molecule has 3 N–H and O–H groups in total. The summed E-state index contributed by atoms with van der Waals surface area (Å²) >= 11 is 0. The molecule has 0 saturated carbocycles. The minimum atomic E-state index is 0.228. The van der Waals surface area contributed by atoms with E-state index in [0.717, 1.165) is 25.9 Å². The number of nitrogens with one attached hydrogen (secondary N) is 1. The Hall–Kier alpha value is -0.610. The maximum atomic E-state index is 11.6. The van der Waals surface area contributed by atoms with E-state index in [1.165, 1.54) is 0 Å². The molecule has 0 fully saturated rings. The van der Waals surface area contributed by atoms with Gasteiger partial charge in [0.15, 0.2) is 0 Å². The van der Waals surface area contributed by atoms with Gasteiger partial charge in [-0.3, -0.25) is 4.79 Å². The van der Waals surface area contributed by atoms with Crippen molar-refractivity contribution in [1.29, 1.82) is 0 Å². The number of nitrogens with two attached hydrogens (primary N) is 1. The second kappa shape index (κ2) is 8.68. The van der Waals surface area contributed by atoms with Crippen molar-refractivity contribution in [3.63, 3.8) is 0 Å². The quantitative estimate of drug-likeness (QED) is 0.577. The average molecular weight is 215 g/mol. The Balaban J connectivity index is 3.60. The third kappa shape index (κ3) is 7.33. The van der Waals surface area contributed by atoms with Crippen molar-refractivity contribution < 1.29 is 4.79 Å². The number of hydrogen-bond donors (Lipinski definition) is 2. The maximum absolute atomic E-state index is 11.6. The summed E-state index contributed by atoms with van der Waals surface area (Å²) in [6.45, 7) is 4.53. The average Bonchev–Trinajstić information content (AvgIpc) is 2.25. The van der Waals surface area contributed by atoms with Crippen LogP contribution in [0.15, 0.2) is 0 Å². The van der Waals surface area contributed by atoms with E-state index in [1.807, 2.05) is 14.1 Å². The molecule has 0 aromatic rings. The molecule has 0 aromatic heterocycles. The summed E-state index contributed by atoms with van der Waals surface area (Å²) in [4.78, 5) is 13.4. The Morgan fingerprint density at radius 3 is 2.73 bits per heavy atom. The van der Waals surface area contributed by atoms with Gasteiger partial charge in [-0.1, -0.05) is 6.92 Å². The first-order valence-electron chi connectivity index (χ1n) is 5.70. The van der Waals surface area contributed by atoms with E-state index in [4.69, 9.17) is 5.73 Å². The summed E-state index contributed by atoms with van der Waals surface area (Å²) in [5.41, 5.74) is 5.50. The van der Waals surface area contributed by atoms with Gasteiger partial charge in [0.25, 0.3) is 0 Å². The van der Waals surface area contributed by atoms with Crippen LogP contribution in [0.2, 0.25) is 0 Å². The van der Waals surface area contributed by atoms with Crippen molar-refractivity contribution in [1.82, 2.24) is 10.2 Å². The molecule has 0 saturated heterocycles. The molecule has 0 rings (SSSR count). The van der Waals surface area contributed by atoms with Crippen LogP contribution in [0.5, 0.6) is 0 Å². The summed E-state index contributed by atoms with van der Waals surface area (Å²) in [6, 6.07) is 0. The first-order chi connectivity index (χ1) is 7.11. The van der Waals surface area contributed by atoms with Crippen molar-refractivity contribution in [3.05, 3.63) is 0 Å². The van der Waals surface area contributed by atoms with Crippen molar-refractivity contribution in [3.8, 4) is 0 Å². The van der Waals surface area contributed by atoms with Gasteiger partial charge < -0.3 is 16.0 Å². The first-order valence-corrected chi connectivity index (χ1v) is 5.70. The Kier molecular flexibility index (Phi) is 8.33. The molecule has 1 amide bonds. The second-order valence-corrected chi connectivity index (χ2v) is 4.15. The number of hydrogen-bond acceptors (Lipinski definition) is 3. The maximum Gasteiger partial charge on any atom is 0.222 e. The highest BCUT2D eigenvalue weighted by Gasteiger charge is 2.09. The fourth-order valence-corrected chi connectivity index (χ4v) is 1.30. The summed E-state index contributed by atoms with van der Waals surface area (Å²) in [6.07, 6.45) is 2.52. The lowest BCUT2D eigenvalue weighted by Crippen LogP contribution is -2.29. The molecular formula is C11H25N3O. The van der Waals surface area contributed by atoms with Crippen molar-refractivity contribution >= 4 is 5.91 Å². The van der Waals surface area contributed by atoms with Gasteiger partial charge in [-0.2, -0.15) is 0 Å². The number of carbonyl (C=O) groups excluding carboxylic acids is 1. The molecule has 1 atom stereocenters. The van der Waals surface area contributed by atoms with E-state index >= 15 is 0 Å². The first kappa shape index (κ1) is 14.4. The van der Waals surface area contributed by atoms with Gasteiger partial charge in [-0.25, -0.2) is 0 Å². The van der Waals surface area contributed by atoms with Gasteiger partial charge in [-0.05, 0) is 38.9 Å². The van der Waals surface area contributed by atoms with E-state index < -0.39 is 0 Å². The van der Waals surface area contributed by atoms with E-state index in [1.54, 1.807) is 4.90 Å². The zero-order chi connectivity index (χ0) is 11.7. The minimum Gasteiger partial charge on any atom is -0.346 e. The lowest BCUT2D eigenvalue weighted by molar-refractivity contribution is -0.130. The van der Waals surface area contributed by atoms with Crippen molar-refractivity contribution in [2.45, 2.75) is 26.2 Å². The zero-order valence-electron chi connectivity index (χ0n) is 10.3. The van der Waals surface area contributed by atoms with E-state index in [0.29, 0.717) is 18.9 Å². The molecule has 0 radical (unpaired) electrons. The molecule has 0 aliphatic carbocycles. The van der Waals surface area contributed by atoms with Gasteiger partial charge in [0.05, 0.1) is 0 Å². The van der Waals surface area contributed by atoms with Crippen LogP contribution in [-0.2, 0) is 4.79 Å². The molecule has 0 aliphatic heterocycles. The van der Waals surface area contributed by atoms with Crippen LogP contribution in [0.3, 0.4) is 0 Å². The molecule has 0 heterocycles. The third-order valence-corrected chi connectivity index (χ3v) is 2.60. The Morgan fingerprint density at radius 1 is 1.53 bits per heavy atom. The zero-order valence-corrected chi connectivity index (χ0v) is 10.3. The minimum absolute atomic E-state index is 0.228. The van der Waals surface area contributed by atoms with E-state index in [2.05, 4.69) is 12.2 Å². The van der Waals surface area contributed by atoms with Gasteiger partial charge in [0, 0.05) is 20.0 Å². The largest absolute Gasteiger partial charge is 0.346 e. The Morgan fingerprint density at radius 2 is 2.20 bits per heavy atom. The van der Waals surface area contributed by atoms with Crippen LogP contribution >= 0.6 is 0 Å². The number of amides is 1. The van der Waals surface area contributed by atoms with Crippen molar-refractivity contribution in [2.75, 3.05) is 33.7 Å². The smallest absolute Gasteiger partial charge is 0.222 e. The van der Waals surface area contributed by atoms with Crippen LogP contribution in [-0.4, -0.2) is 44.5 Å². The molecule has 1 unspecified atom stereocenters. The van der Waals surface area contributed by atoms with E-state index in [9.17, 15) is 4.79 Å². The van der Waals surface area contributed by atoms with Crippen LogP contribution in [0.25, 0.3) is 0 Å². The van der Waals surface area contributed by atoms with Gasteiger partial charge in [-0.15, -0.1) is 0 Å². The standard InChI is InChI=1S/C11H25N3O/c1-10(9-12)5-6-11(15)14(3)8-4-7-13-2/h10,13H,4-9,12H2,1-3H3. The molecule has 0 aromatic carbocycles. The Bertz CT molecular complexity index is 173. The fourth-order valence-electron chi connectivity index (χ4n) is 1.30. The SMILES string of the molecule is CNCCCN(C)C(=O)CCC(C)CN. The molecule has 0 spiro atoms. The Labute approximate surface area is 93.2 Å². The number of rotatable bonds is 8. The fraction of sp³-hybridized carbons (Fsp3) is 0.909. The summed E-state index contributed by atoms with van der Waals surface area (Å²) in [5.74, 6) is 0.672. The normalized spacial score (nSPS) is 12.5. The molecule has 0 bridgehead atoms. The third-order valence-electron chi connectivity index (χ3n) is 2.60. The highest BCUT2D eigenvalue weighted by molar-refractivity contribution is 5.75. The molecule has 4 heteroatoms. The van der Waals surface area contributed by atoms with Crippen LogP contribution in [0.1, 0.15) is 26.2 Å². The lowest BCUT2D eigenvalue weighted by Gasteiger charge is -2.18. The van der Waals surface area contributed by atoms with Crippen molar-refractivity contribution in [2.24, 2.45) is 11.7 Å². The summed E-state index contributed by atoms with van der Waals surface area (Å²) < 4.78 is 0. The predicted molar refractivity (Wildman–Crippen MR) is 63.6 cm³/mol. The monoisotopic (exact) mass is 215 g/mol. The van der Waals surface area contributed by atoms with Crippen LogP contribution < -0.4 is 11.1 Å². The van der Waals surface area contributed by atoms with Gasteiger partial charge in [0.1, 0.15) is 0 Å². The second-order valence-electron chi connectivity index (χ2n) is 4.15. The topological polar surface area (TPSA) is 58.4 Å². The number of carbonyl (C=O) groups is 1. The van der Waals surface area contributed by atoms with Crippen LogP contribution in [0, 0.1) is 5.92 Å². The van der Waals surface area contributed by atoms with Gasteiger partial charge >= 0.3 is 0 Å². The molecular weight excluding hydrogens is 190 g/mol. The lowest BCUT2D eigenvalue weighted by atomic mass is 10.1. The van der Waals surface area contributed by atoms with Crippen LogP contribution in [0.4, 0.5) is 0 Å². The summed E-state index contributed by atoms with van der Waals surface area (Å²) in [5, 5.41) is 3.07. The van der Waals surface area contributed by atoms with E-state index in [-0.39, 0.29) is 5.91 Å². The molecule has 90 valence electrons. The molecule has 15 heavy (non-hydrogen) atoms. The molecule has 0 aliphatic rings. The van der Waals surface area contributed by atoms with Gasteiger partial charge in [0.2, 0.25) is 5.91 Å². The highest BCUT2D eigenvalue weighted by atomic mass is 16.2.